The average molecular weight is 572 g/mol. The second kappa shape index (κ2) is 11.5. The smallest absolute Gasteiger partial charge is 0.515 e. The van der Waals surface area contributed by atoms with Crippen LogP contribution >= 0.6 is 11.6 Å². The van der Waals surface area contributed by atoms with Crippen molar-refractivity contribution in [3.8, 4) is 0 Å². The average Bonchev–Trinajstić information content (AvgIpc) is 3.36. The summed E-state index contributed by atoms with van der Waals surface area (Å²) in [6.45, 7) is 0.274. The van der Waals surface area contributed by atoms with Gasteiger partial charge in [0.15, 0.2) is 0 Å². The summed E-state index contributed by atoms with van der Waals surface area (Å²) in [4.78, 5) is 46.0. The quantitative estimate of drug-likeness (QED) is 0.300. The summed E-state index contributed by atoms with van der Waals surface area (Å²) < 4.78 is -1.58. The molecular formula is C29H38ClN5O5. The first-order valence-electron chi connectivity index (χ1n) is 14.1. The minimum absolute atomic E-state index is 0.135. The Hall–Kier alpha value is -2.92. The van der Waals surface area contributed by atoms with E-state index in [0.717, 1.165) is 43.5 Å². The van der Waals surface area contributed by atoms with Crippen molar-refractivity contribution in [3.05, 3.63) is 59.3 Å². The van der Waals surface area contributed by atoms with E-state index in [1.54, 1.807) is 35.6 Å². The zero-order chi connectivity index (χ0) is 28.6. The third-order valence-corrected chi connectivity index (χ3v) is 9.30. The number of amides is 2. The van der Waals surface area contributed by atoms with Gasteiger partial charge in [-0.2, -0.15) is 4.79 Å². The number of likely N-dealkylation sites (tertiary alicyclic amines) is 1. The molecule has 1 aliphatic carbocycles. The van der Waals surface area contributed by atoms with E-state index in [0.29, 0.717) is 17.9 Å². The summed E-state index contributed by atoms with van der Waals surface area (Å²) in [6, 6.07) is 7.30. The van der Waals surface area contributed by atoms with Gasteiger partial charge in [0, 0.05) is 68.2 Å². The largest absolute Gasteiger partial charge is 0.621 e. The van der Waals surface area contributed by atoms with Crippen LogP contribution in [0.2, 0.25) is 0 Å². The predicted molar refractivity (Wildman–Crippen MR) is 152 cm³/mol. The maximum atomic E-state index is 13.7. The number of carboxylic acid groups (broad SMARTS) is 1. The zero-order valence-electron chi connectivity index (χ0n) is 23.1. The van der Waals surface area contributed by atoms with Crippen LogP contribution in [0, 0.1) is 17.0 Å². The molecule has 40 heavy (non-hydrogen) atoms. The summed E-state index contributed by atoms with van der Waals surface area (Å²) in [6.07, 6.45) is 8.13. The summed E-state index contributed by atoms with van der Waals surface area (Å²) in [5.41, 5.74) is 2.24. The highest BCUT2D eigenvalue weighted by Gasteiger charge is 2.53. The molecule has 216 valence electrons. The van der Waals surface area contributed by atoms with E-state index in [1.165, 1.54) is 4.90 Å². The van der Waals surface area contributed by atoms with Gasteiger partial charge in [-0.25, -0.2) is 9.55 Å². The number of anilines is 1. The van der Waals surface area contributed by atoms with Gasteiger partial charge in [0.1, 0.15) is 0 Å². The molecule has 3 unspecified atom stereocenters. The van der Waals surface area contributed by atoms with Crippen LogP contribution in [-0.4, -0.2) is 87.6 Å². The number of ketones is 1. The maximum Gasteiger partial charge on any atom is 0.515 e. The van der Waals surface area contributed by atoms with Crippen LogP contribution in [0.5, 0.6) is 0 Å². The Morgan fingerprint density at radius 2 is 1.77 bits per heavy atom. The molecule has 2 amide bonds. The molecule has 0 radical (unpaired) electrons. The Morgan fingerprint density at radius 3 is 2.42 bits per heavy atom. The number of alkyl halides is 1. The van der Waals surface area contributed by atoms with Crippen LogP contribution in [0.4, 0.5) is 10.5 Å². The zero-order valence-corrected chi connectivity index (χ0v) is 23.9. The van der Waals surface area contributed by atoms with Crippen LogP contribution in [0.1, 0.15) is 55.3 Å². The number of rotatable bonds is 6. The summed E-state index contributed by atoms with van der Waals surface area (Å²) in [5.74, 6) is -0.298. The van der Waals surface area contributed by atoms with E-state index in [2.05, 4.69) is 0 Å². The van der Waals surface area contributed by atoms with Gasteiger partial charge in [-0.3, -0.25) is 14.5 Å². The molecule has 2 saturated heterocycles. The Balaban J connectivity index is 1.29. The normalized spacial score (nSPS) is 30.7. The number of benzene rings is 1. The van der Waals surface area contributed by atoms with E-state index in [9.17, 15) is 24.7 Å². The molecule has 0 bridgehead atoms. The molecule has 1 saturated carbocycles. The van der Waals surface area contributed by atoms with E-state index in [1.807, 2.05) is 36.0 Å². The van der Waals surface area contributed by atoms with Gasteiger partial charge in [0.25, 0.3) is 5.91 Å². The van der Waals surface area contributed by atoms with E-state index in [4.69, 9.17) is 11.6 Å². The molecule has 10 nitrogen and oxygen atoms in total. The van der Waals surface area contributed by atoms with Crippen LogP contribution in [0.3, 0.4) is 0 Å². The third-order valence-electron chi connectivity index (χ3n) is 8.86. The van der Waals surface area contributed by atoms with Gasteiger partial charge < -0.3 is 20.1 Å². The first kappa shape index (κ1) is 28.6. The fourth-order valence-electron chi connectivity index (χ4n) is 6.40. The highest BCUT2D eigenvalue weighted by Crippen LogP contribution is 2.37. The molecule has 5 rings (SSSR count). The third kappa shape index (κ3) is 5.63. The molecule has 3 atom stereocenters. The minimum atomic E-state index is -1.58. The predicted octanol–water partition coefficient (Wildman–Crippen LogP) is 4.58. The van der Waals surface area contributed by atoms with Crippen molar-refractivity contribution in [1.82, 2.24) is 14.7 Å². The number of fused-ring (bicyclic) bond motifs is 1. The lowest BCUT2D eigenvalue weighted by atomic mass is 9.81. The fraction of sp³-hybridized carbons (Fsp3) is 0.552. The van der Waals surface area contributed by atoms with Crippen LogP contribution in [0.15, 0.2) is 48.6 Å². The number of hydrogen-bond donors (Lipinski definition) is 1. The molecule has 3 fully saturated rings. The van der Waals surface area contributed by atoms with Gasteiger partial charge in [0.05, 0.1) is 18.9 Å². The van der Waals surface area contributed by atoms with Crippen molar-refractivity contribution in [2.75, 3.05) is 38.8 Å². The molecule has 3 heterocycles. The Morgan fingerprint density at radius 1 is 1.07 bits per heavy atom. The number of Topliss-reactive ketones (excluding diaryl/α,β-unsaturated/α-hetero) is 1. The van der Waals surface area contributed by atoms with E-state index in [-0.39, 0.29) is 49.2 Å². The number of carbonyl (C=O) groups excluding carboxylic acids is 2. The second-order valence-corrected chi connectivity index (χ2v) is 12.3. The van der Waals surface area contributed by atoms with Gasteiger partial charge in [0.2, 0.25) is 11.9 Å². The van der Waals surface area contributed by atoms with Gasteiger partial charge >= 0.3 is 6.09 Å². The standard InChI is InChI=1S/C29H38ClN5O5/c1-31(2)24-11-7-22(8-12-24)28(37)32-14-15-33-19-34(18-25(33)17-32)27-26(36)21(13-16-35(27,40)29(38)39)6-3-20-4-9-23(30)10-5-20/h7-8,11-12,14-15,17,20-21,23,27H,3-6,9-10,13,16,18-19H2,1-2H3,(H,38,39). The highest BCUT2D eigenvalue weighted by atomic mass is 35.5. The minimum Gasteiger partial charge on any atom is -0.621 e. The van der Waals surface area contributed by atoms with Crippen LogP contribution in [0.25, 0.3) is 0 Å². The monoisotopic (exact) mass is 571 g/mol. The number of hydrogen-bond acceptors (Lipinski definition) is 7. The lowest BCUT2D eigenvalue weighted by Crippen LogP contribution is -2.68. The molecule has 1 N–H and O–H groups in total. The molecule has 11 heteroatoms. The number of carbonyl (C=O) groups is 3. The van der Waals surface area contributed by atoms with Crippen molar-refractivity contribution in [1.29, 1.82) is 0 Å². The molecule has 1 aromatic rings. The lowest BCUT2D eigenvalue weighted by molar-refractivity contribution is -0.841. The lowest BCUT2D eigenvalue weighted by Gasteiger charge is -2.49. The summed E-state index contributed by atoms with van der Waals surface area (Å²) in [7, 11) is 3.86. The number of halogens is 1. The van der Waals surface area contributed by atoms with Gasteiger partial charge in [-0.05, 0) is 68.7 Å². The van der Waals surface area contributed by atoms with Crippen molar-refractivity contribution in [3.63, 3.8) is 0 Å². The molecule has 3 aliphatic heterocycles. The fourth-order valence-corrected chi connectivity index (χ4v) is 6.65. The van der Waals surface area contributed by atoms with Crippen molar-refractivity contribution in [2.24, 2.45) is 11.8 Å². The topological polar surface area (TPSA) is 107 Å². The van der Waals surface area contributed by atoms with Gasteiger partial charge in [-0.1, -0.05) is 0 Å². The number of hydroxylamine groups is 3. The molecule has 0 aromatic heterocycles. The van der Waals surface area contributed by atoms with E-state index < -0.39 is 16.9 Å². The second-order valence-electron chi connectivity index (χ2n) is 11.7. The molecular weight excluding hydrogens is 534 g/mol. The SMILES string of the molecule is CN(C)c1ccc(C(=O)N2C=CN3CN(C4C(=O)C(CCC5CCC(Cl)CC5)CC[N+]4([O-])C(=O)O)CC3=C2)cc1. The summed E-state index contributed by atoms with van der Waals surface area (Å²) in [5, 5.41) is 23.8. The number of nitrogens with zero attached hydrogens (tertiary/aromatic N) is 5. The first-order valence-corrected chi connectivity index (χ1v) is 14.5. The van der Waals surface area contributed by atoms with Crippen molar-refractivity contribution < 1.29 is 24.1 Å². The number of quaternary nitrogens is 1. The van der Waals surface area contributed by atoms with Crippen LogP contribution in [-0.2, 0) is 4.79 Å². The van der Waals surface area contributed by atoms with Crippen molar-refractivity contribution >= 4 is 35.1 Å². The van der Waals surface area contributed by atoms with Crippen LogP contribution < -0.4 is 4.90 Å². The number of piperidine rings is 1. The molecule has 4 aliphatic rings. The Kier molecular flexibility index (Phi) is 8.24. The Bertz CT molecular complexity index is 1200. The molecule has 1 aromatic carbocycles. The Labute approximate surface area is 240 Å². The first-order chi connectivity index (χ1) is 19.1. The van der Waals surface area contributed by atoms with Gasteiger partial charge in [-0.15, -0.1) is 11.6 Å². The molecule has 0 spiro atoms. The van der Waals surface area contributed by atoms with E-state index >= 15 is 0 Å². The summed E-state index contributed by atoms with van der Waals surface area (Å²) >= 11 is 6.24. The van der Waals surface area contributed by atoms with Crippen molar-refractivity contribution in [2.45, 2.75) is 56.5 Å². The highest BCUT2D eigenvalue weighted by molar-refractivity contribution is 6.20. The maximum absolute atomic E-state index is 13.7.